The van der Waals surface area contributed by atoms with Gasteiger partial charge in [0.15, 0.2) is 0 Å². The normalized spacial score (nSPS) is 17.9. The fourth-order valence-electron chi connectivity index (χ4n) is 5.58. The first-order valence-corrected chi connectivity index (χ1v) is 12.1. The highest BCUT2D eigenvalue weighted by molar-refractivity contribution is 5.83. The van der Waals surface area contributed by atoms with E-state index in [0.717, 1.165) is 24.0 Å². The molecule has 0 spiro atoms. The first kappa shape index (κ1) is 20.6. The molecule has 0 unspecified atom stereocenters. The van der Waals surface area contributed by atoms with Gasteiger partial charge in [0.05, 0.1) is 0 Å². The molecule has 0 aliphatic carbocycles. The van der Waals surface area contributed by atoms with E-state index in [9.17, 15) is 4.39 Å². The smallest absolute Gasteiger partial charge is 0.123 e. The number of anilines is 1. The van der Waals surface area contributed by atoms with E-state index in [0.29, 0.717) is 5.92 Å². The van der Waals surface area contributed by atoms with Gasteiger partial charge in [-0.2, -0.15) is 0 Å². The summed E-state index contributed by atoms with van der Waals surface area (Å²) < 4.78 is 13.7. The molecule has 4 heteroatoms. The number of hydrogen-bond donors (Lipinski definition) is 1. The van der Waals surface area contributed by atoms with Crippen LogP contribution in [0.4, 0.5) is 10.1 Å². The molecule has 5 rings (SSSR count). The number of fused-ring (bicyclic) bond motifs is 2. The van der Waals surface area contributed by atoms with Crippen molar-refractivity contribution in [3.05, 3.63) is 65.6 Å². The number of aryl methyl sites for hydroxylation is 1. The Kier molecular flexibility index (Phi) is 6.26. The lowest BCUT2D eigenvalue weighted by Crippen LogP contribution is -2.34. The van der Waals surface area contributed by atoms with E-state index in [4.69, 9.17) is 0 Å². The number of aromatic amines is 1. The number of halogens is 1. The topological polar surface area (TPSA) is 22.3 Å². The number of likely N-dealkylation sites (tertiary alicyclic amines) is 1. The number of hydrogen-bond acceptors (Lipinski definition) is 2. The van der Waals surface area contributed by atoms with Gasteiger partial charge in [-0.05, 0) is 99.5 Å². The molecule has 1 aromatic heterocycles. The predicted octanol–water partition coefficient (Wildman–Crippen LogP) is 6.11. The van der Waals surface area contributed by atoms with Gasteiger partial charge in [0, 0.05) is 35.9 Å². The van der Waals surface area contributed by atoms with E-state index in [2.05, 4.69) is 45.2 Å². The van der Waals surface area contributed by atoms with Crippen LogP contribution in [0.5, 0.6) is 0 Å². The van der Waals surface area contributed by atoms with Crippen LogP contribution in [0.2, 0.25) is 0 Å². The molecule has 3 nitrogen and oxygen atoms in total. The van der Waals surface area contributed by atoms with Crippen molar-refractivity contribution in [2.24, 2.45) is 0 Å². The summed E-state index contributed by atoms with van der Waals surface area (Å²) in [5.41, 5.74) is 5.34. The summed E-state index contributed by atoms with van der Waals surface area (Å²) in [4.78, 5) is 8.54. The number of nitrogens with one attached hydrogen (secondary N) is 1. The third kappa shape index (κ3) is 4.64. The number of unbranched alkanes of at least 4 members (excludes halogenated alkanes) is 2. The van der Waals surface area contributed by atoms with Crippen LogP contribution < -0.4 is 4.90 Å². The van der Waals surface area contributed by atoms with Crippen molar-refractivity contribution in [2.75, 3.05) is 37.6 Å². The van der Waals surface area contributed by atoms with Gasteiger partial charge >= 0.3 is 0 Å². The van der Waals surface area contributed by atoms with Crippen molar-refractivity contribution in [1.82, 2.24) is 9.88 Å². The minimum atomic E-state index is -0.140. The summed E-state index contributed by atoms with van der Waals surface area (Å²) in [5.74, 6) is 0.407. The van der Waals surface area contributed by atoms with E-state index in [1.165, 1.54) is 87.5 Å². The lowest BCUT2D eigenvalue weighted by atomic mass is 9.89. The summed E-state index contributed by atoms with van der Waals surface area (Å²) in [6.07, 6.45) is 10.8. The highest BCUT2D eigenvalue weighted by Crippen LogP contribution is 2.33. The highest BCUT2D eigenvalue weighted by atomic mass is 19.1. The first-order chi connectivity index (χ1) is 15.3. The van der Waals surface area contributed by atoms with Crippen LogP contribution in [-0.2, 0) is 6.42 Å². The molecule has 0 radical (unpaired) electrons. The van der Waals surface area contributed by atoms with Crippen molar-refractivity contribution < 1.29 is 4.39 Å². The van der Waals surface area contributed by atoms with Crippen LogP contribution in [0.15, 0.2) is 48.7 Å². The van der Waals surface area contributed by atoms with Crippen LogP contribution >= 0.6 is 0 Å². The Labute approximate surface area is 185 Å². The van der Waals surface area contributed by atoms with E-state index in [1.807, 2.05) is 6.07 Å². The van der Waals surface area contributed by atoms with E-state index in [1.54, 1.807) is 6.07 Å². The Hall–Kier alpha value is -2.33. The maximum Gasteiger partial charge on any atom is 0.123 e. The number of benzene rings is 2. The zero-order valence-corrected chi connectivity index (χ0v) is 18.5. The van der Waals surface area contributed by atoms with Crippen LogP contribution in [0.1, 0.15) is 55.6 Å². The molecule has 1 saturated heterocycles. The van der Waals surface area contributed by atoms with Crippen molar-refractivity contribution in [1.29, 1.82) is 0 Å². The van der Waals surface area contributed by atoms with E-state index < -0.39 is 0 Å². The van der Waals surface area contributed by atoms with Gasteiger partial charge in [0.25, 0.3) is 0 Å². The molecule has 0 bridgehead atoms. The first-order valence-electron chi connectivity index (χ1n) is 12.1. The molecule has 2 aliphatic rings. The quantitative estimate of drug-likeness (QED) is 0.467. The van der Waals surface area contributed by atoms with Gasteiger partial charge in [-0.15, -0.1) is 0 Å². The zero-order valence-electron chi connectivity index (χ0n) is 18.5. The summed E-state index contributed by atoms with van der Waals surface area (Å²) in [6.45, 7) is 5.93. The minimum absolute atomic E-state index is 0.140. The molecular formula is C27H34FN3. The fourth-order valence-corrected chi connectivity index (χ4v) is 5.58. The van der Waals surface area contributed by atoms with Crippen LogP contribution in [0.3, 0.4) is 0 Å². The lowest BCUT2D eigenvalue weighted by molar-refractivity contribution is 0.209. The van der Waals surface area contributed by atoms with E-state index in [-0.39, 0.29) is 5.82 Å². The maximum atomic E-state index is 13.7. The molecule has 0 saturated carbocycles. The minimum Gasteiger partial charge on any atom is -0.371 e. The lowest BCUT2D eigenvalue weighted by Gasteiger charge is -2.32. The second kappa shape index (κ2) is 9.44. The number of rotatable bonds is 7. The molecule has 0 atom stereocenters. The standard InChI is InChI=1S/C27H34FN3/c28-23-10-11-26-24(19-23)25(20-29-26)21-12-17-30(18-13-21)14-4-1-5-15-31-16-6-8-22-7-2-3-9-27(22)31/h2-3,7,9-11,19-21,29H,1,4-6,8,12-18H2. The second-order valence-corrected chi connectivity index (χ2v) is 9.33. The Morgan fingerprint density at radius 1 is 0.935 bits per heavy atom. The van der Waals surface area contributed by atoms with E-state index >= 15 is 0 Å². The molecule has 31 heavy (non-hydrogen) atoms. The largest absolute Gasteiger partial charge is 0.371 e. The van der Waals surface area contributed by atoms with Gasteiger partial charge in [0.1, 0.15) is 5.82 Å². The molecular weight excluding hydrogens is 385 g/mol. The zero-order chi connectivity index (χ0) is 21.0. The number of H-pyrrole nitrogens is 1. The molecule has 2 aromatic carbocycles. The highest BCUT2D eigenvalue weighted by Gasteiger charge is 2.23. The fraction of sp³-hybridized carbons (Fsp3) is 0.481. The van der Waals surface area contributed by atoms with Crippen LogP contribution in [-0.4, -0.2) is 42.6 Å². The maximum absolute atomic E-state index is 13.7. The Morgan fingerprint density at radius 2 is 1.77 bits per heavy atom. The molecule has 3 heterocycles. The molecule has 164 valence electrons. The second-order valence-electron chi connectivity index (χ2n) is 9.33. The Morgan fingerprint density at radius 3 is 2.68 bits per heavy atom. The van der Waals surface area contributed by atoms with Crippen molar-refractivity contribution in [2.45, 2.75) is 50.9 Å². The average Bonchev–Trinajstić information content (AvgIpc) is 3.22. The van der Waals surface area contributed by atoms with Gasteiger partial charge in [-0.3, -0.25) is 0 Å². The average molecular weight is 420 g/mol. The van der Waals surface area contributed by atoms with Crippen molar-refractivity contribution in [3.8, 4) is 0 Å². The Bertz CT molecular complexity index is 1000. The monoisotopic (exact) mass is 419 g/mol. The van der Waals surface area contributed by atoms with Gasteiger partial charge < -0.3 is 14.8 Å². The summed E-state index contributed by atoms with van der Waals surface area (Å²) in [7, 11) is 0. The Balaban J connectivity index is 1.04. The third-order valence-corrected chi connectivity index (χ3v) is 7.31. The number of piperidine rings is 1. The van der Waals surface area contributed by atoms with Gasteiger partial charge in [-0.1, -0.05) is 24.6 Å². The molecule has 0 amide bonds. The molecule has 1 N–H and O–H groups in total. The third-order valence-electron chi connectivity index (χ3n) is 7.31. The number of para-hydroxylation sites is 1. The number of nitrogens with zero attached hydrogens (tertiary/aromatic N) is 2. The van der Waals surface area contributed by atoms with Crippen LogP contribution in [0.25, 0.3) is 10.9 Å². The van der Waals surface area contributed by atoms with Gasteiger partial charge in [-0.25, -0.2) is 4.39 Å². The summed E-state index contributed by atoms with van der Waals surface area (Å²) in [6, 6.07) is 14.0. The molecule has 2 aliphatic heterocycles. The van der Waals surface area contributed by atoms with Crippen molar-refractivity contribution in [3.63, 3.8) is 0 Å². The molecule has 3 aromatic rings. The summed E-state index contributed by atoms with van der Waals surface area (Å²) >= 11 is 0. The summed E-state index contributed by atoms with van der Waals surface area (Å²) in [5, 5.41) is 1.07. The van der Waals surface area contributed by atoms with Gasteiger partial charge in [0.2, 0.25) is 0 Å². The van der Waals surface area contributed by atoms with Crippen LogP contribution in [0, 0.1) is 5.82 Å². The predicted molar refractivity (Wildman–Crippen MR) is 127 cm³/mol. The number of aromatic nitrogens is 1. The van der Waals surface area contributed by atoms with Crippen molar-refractivity contribution >= 4 is 16.6 Å². The molecule has 1 fully saturated rings. The SMILES string of the molecule is Fc1ccc2[nH]cc(C3CCN(CCCCCN4CCCc5ccccc54)CC3)c2c1.